The first-order valence-corrected chi connectivity index (χ1v) is 6.21. The normalized spacial score (nSPS) is 23.1. The molecule has 1 aliphatic heterocycles. The highest BCUT2D eigenvalue weighted by Gasteiger charge is 2.43. The van der Waals surface area contributed by atoms with Gasteiger partial charge in [0.1, 0.15) is 17.8 Å². The first-order chi connectivity index (χ1) is 8.57. The van der Waals surface area contributed by atoms with E-state index in [1.165, 1.54) is 5.54 Å². The number of fused-ring (bicyclic) bond motifs is 1. The Kier molecular flexibility index (Phi) is 3.62. The molecule has 0 aliphatic carbocycles. The van der Waals surface area contributed by atoms with E-state index in [-0.39, 0.29) is 6.61 Å². The van der Waals surface area contributed by atoms with Crippen LogP contribution in [0.4, 0.5) is 0 Å². The number of carboxylic acids is 1. The Morgan fingerprint density at radius 1 is 1.56 bits per heavy atom. The molecule has 0 saturated carbocycles. The molecule has 18 heavy (non-hydrogen) atoms. The molecule has 1 aromatic carbocycles. The van der Waals surface area contributed by atoms with E-state index in [0.29, 0.717) is 12.8 Å². The Hall–Kier alpha value is -1.48. The molecule has 96 valence electrons. The van der Waals surface area contributed by atoms with Crippen LogP contribution in [-0.2, 0) is 11.2 Å². The van der Waals surface area contributed by atoms with Crippen LogP contribution in [-0.4, -0.2) is 17.7 Å². The molecule has 0 spiro atoms. The Morgan fingerprint density at radius 3 is 2.94 bits per heavy atom. The molecule has 0 fully saturated rings. The predicted molar refractivity (Wildman–Crippen MR) is 69.9 cm³/mol. The number of halogens is 1. The van der Waals surface area contributed by atoms with Crippen LogP contribution in [0.3, 0.4) is 0 Å². The maximum atomic E-state index is 11.6. The minimum Gasteiger partial charge on any atom is -0.492 e. The van der Waals surface area contributed by atoms with Crippen LogP contribution in [0.25, 0.3) is 0 Å². The average Bonchev–Trinajstić information content (AvgIpc) is 2.38. The lowest BCUT2D eigenvalue weighted by Gasteiger charge is -2.34. The summed E-state index contributed by atoms with van der Waals surface area (Å²) in [5.41, 5.74) is 2.31. The molecule has 2 rings (SSSR count). The van der Waals surface area contributed by atoms with Crippen molar-refractivity contribution in [1.82, 2.24) is 0 Å². The number of hydrogen-bond acceptors (Lipinski definition) is 2. The highest BCUT2D eigenvalue weighted by Crippen LogP contribution is 2.39. The van der Waals surface area contributed by atoms with Crippen molar-refractivity contribution in [1.29, 1.82) is 0 Å². The molecular weight excluding hydrogens is 252 g/mol. The van der Waals surface area contributed by atoms with Gasteiger partial charge in [0.2, 0.25) is 0 Å². The summed E-state index contributed by atoms with van der Waals surface area (Å²) in [5.74, 6) is -0.0586. The van der Waals surface area contributed by atoms with E-state index in [9.17, 15) is 9.90 Å². The van der Waals surface area contributed by atoms with Crippen LogP contribution in [0.15, 0.2) is 35.4 Å². The summed E-state index contributed by atoms with van der Waals surface area (Å²) < 4.78 is 5.59. The van der Waals surface area contributed by atoms with Crippen LogP contribution in [0.1, 0.15) is 18.9 Å². The van der Waals surface area contributed by atoms with Gasteiger partial charge in [-0.2, -0.15) is 0 Å². The number of benzene rings is 1. The number of aliphatic carboxylic acids is 1. The van der Waals surface area contributed by atoms with Crippen molar-refractivity contribution in [2.24, 2.45) is 5.41 Å². The van der Waals surface area contributed by atoms with Gasteiger partial charge in [-0.3, -0.25) is 4.79 Å². The summed E-state index contributed by atoms with van der Waals surface area (Å²) in [6, 6.07) is 7.55. The third-order valence-electron chi connectivity index (χ3n) is 3.26. The zero-order valence-electron chi connectivity index (χ0n) is 10.1. The van der Waals surface area contributed by atoms with Gasteiger partial charge >= 0.3 is 5.97 Å². The Balaban J connectivity index is 2.33. The molecular formula is C14H15ClO3. The number of ether oxygens (including phenoxy) is 1. The van der Waals surface area contributed by atoms with Crippen molar-refractivity contribution in [3.63, 3.8) is 0 Å². The second kappa shape index (κ2) is 5.02. The van der Waals surface area contributed by atoms with Gasteiger partial charge in [-0.15, -0.1) is 0 Å². The number of carbonyl (C=O) groups is 1. The van der Waals surface area contributed by atoms with E-state index >= 15 is 0 Å². The van der Waals surface area contributed by atoms with Gasteiger partial charge in [0.05, 0.1) is 0 Å². The first kappa shape index (κ1) is 13.0. The Bertz CT molecular complexity index is 496. The third kappa shape index (κ3) is 2.36. The molecule has 1 aliphatic rings. The number of carboxylic acid groups (broad SMARTS) is 1. The second-order valence-electron chi connectivity index (χ2n) is 4.79. The highest BCUT2D eigenvalue weighted by molar-refractivity contribution is 6.25. The van der Waals surface area contributed by atoms with Crippen LogP contribution < -0.4 is 4.74 Å². The molecule has 1 unspecified atom stereocenters. The van der Waals surface area contributed by atoms with Gasteiger partial charge in [0.15, 0.2) is 0 Å². The van der Waals surface area contributed by atoms with E-state index in [1.54, 1.807) is 0 Å². The van der Waals surface area contributed by atoms with E-state index in [1.807, 2.05) is 31.2 Å². The molecule has 0 aromatic heterocycles. The molecule has 4 heteroatoms. The van der Waals surface area contributed by atoms with E-state index in [4.69, 9.17) is 16.3 Å². The van der Waals surface area contributed by atoms with Gasteiger partial charge in [0, 0.05) is 5.54 Å². The van der Waals surface area contributed by atoms with Gasteiger partial charge in [-0.1, -0.05) is 35.4 Å². The lowest BCUT2D eigenvalue weighted by atomic mass is 9.76. The van der Waals surface area contributed by atoms with E-state index < -0.39 is 11.4 Å². The number of para-hydroxylation sites is 1. The largest absolute Gasteiger partial charge is 0.492 e. The molecule has 0 radical (unpaired) electrons. The minimum absolute atomic E-state index is 0.182. The number of hydrogen-bond donors (Lipinski definition) is 1. The summed E-state index contributed by atoms with van der Waals surface area (Å²) in [5, 5.41) is 9.51. The highest BCUT2D eigenvalue weighted by atomic mass is 35.5. The molecule has 1 aromatic rings. The van der Waals surface area contributed by atoms with Crippen molar-refractivity contribution in [3.8, 4) is 5.75 Å². The van der Waals surface area contributed by atoms with Crippen molar-refractivity contribution in [3.05, 3.63) is 40.9 Å². The quantitative estimate of drug-likeness (QED) is 0.914. The monoisotopic (exact) mass is 266 g/mol. The maximum Gasteiger partial charge on any atom is 0.313 e. The lowest BCUT2D eigenvalue weighted by molar-refractivity contribution is -0.151. The second-order valence-corrected chi connectivity index (χ2v) is 5.01. The van der Waals surface area contributed by atoms with Crippen LogP contribution >= 0.6 is 11.6 Å². The standard InChI is InChI=1S/C14H15ClO3/c1-10(8-15)6-14(13(16)17)7-11-4-2-3-5-12(11)18-9-14/h2-5,8H,6-7,9H2,1H3,(H,16,17)/b10-8-. The maximum absolute atomic E-state index is 11.6. The topological polar surface area (TPSA) is 46.5 Å². The predicted octanol–water partition coefficient (Wildman–Crippen LogP) is 3.23. The average molecular weight is 267 g/mol. The SMILES string of the molecule is C/C(=C/Cl)CC1(C(=O)O)COc2ccccc2C1. The summed E-state index contributed by atoms with van der Waals surface area (Å²) in [6.45, 7) is 2.01. The van der Waals surface area contributed by atoms with Gasteiger partial charge in [-0.25, -0.2) is 0 Å². The van der Waals surface area contributed by atoms with Crippen molar-refractivity contribution in [2.75, 3.05) is 6.61 Å². The molecule has 1 N–H and O–H groups in total. The van der Waals surface area contributed by atoms with E-state index in [0.717, 1.165) is 16.9 Å². The van der Waals surface area contributed by atoms with Gasteiger partial charge < -0.3 is 9.84 Å². The first-order valence-electron chi connectivity index (χ1n) is 5.77. The molecule has 0 amide bonds. The minimum atomic E-state index is -0.913. The van der Waals surface area contributed by atoms with Crippen molar-refractivity contribution in [2.45, 2.75) is 19.8 Å². The number of rotatable bonds is 3. The fourth-order valence-electron chi connectivity index (χ4n) is 2.32. The van der Waals surface area contributed by atoms with Crippen molar-refractivity contribution >= 4 is 17.6 Å². The fraction of sp³-hybridized carbons (Fsp3) is 0.357. The summed E-state index contributed by atoms with van der Waals surface area (Å²) in [6.07, 6.45) is 0.876. The molecule has 3 nitrogen and oxygen atoms in total. The Labute approximate surface area is 111 Å². The zero-order valence-corrected chi connectivity index (χ0v) is 10.9. The smallest absolute Gasteiger partial charge is 0.313 e. The van der Waals surface area contributed by atoms with Crippen LogP contribution in [0.2, 0.25) is 0 Å². The van der Waals surface area contributed by atoms with Crippen molar-refractivity contribution < 1.29 is 14.6 Å². The lowest BCUT2D eigenvalue weighted by Crippen LogP contribution is -2.42. The van der Waals surface area contributed by atoms with Crippen LogP contribution in [0, 0.1) is 5.41 Å². The van der Waals surface area contributed by atoms with Gasteiger partial charge in [-0.05, 0) is 31.4 Å². The molecule has 0 saturated heterocycles. The van der Waals surface area contributed by atoms with Gasteiger partial charge in [0.25, 0.3) is 0 Å². The summed E-state index contributed by atoms with van der Waals surface area (Å²) >= 11 is 5.64. The third-order valence-corrected chi connectivity index (χ3v) is 3.64. The molecule has 1 atom stereocenters. The molecule has 0 bridgehead atoms. The number of allylic oxidation sites excluding steroid dienone is 1. The zero-order chi connectivity index (χ0) is 13.2. The Morgan fingerprint density at radius 2 is 2.28 bits per heavy atom. The fourth-order valence-corrected chi connectivity index (χ4v) is 2.40. The molecule has 1 heterocycles. The summed E-state index contributed by atoms with van der Waals surface area (Å²) in [4.78, 5) is 11.6. The summed E-state index contributed by atoms with van der Waals surface area (Å²) in [7, 11) is 0. The van der Waals surface area contributed by atoms with E-state index in [2.05, 4.69) is 0 Å². The van der Waals surface area contributed by atoms with Crippen LogP contribution in [0.5, 0.6) is 5.75 Å².